The minimum absolute atomic E-state index is 0.297. The van der Waals surface area contributed by atoms with Gasteiger partial charge in [0.15, 0.2) is 0 Å². The first-order chi connectivity index (χ1) is 9.55. The molecule has 20 heavy (non-hydrogen) atoms. The Morgan fingerprint density at radius 1 is 1.25 bits per heavy atom. The Bertz CT molecular complexity index is 680. The van der Waals surface area contributed by atoms with E-state index in [9.17, 15) is 8.42 Å². The predicted octanol–water partition coefficient (Wildman–Crippen LogP) is 2.28. The van der Waals surface area contributed by atoms with Crippen LogP contribution in [-0.2, 0) is 16.6 Å². The maximum absolute atomic E-state index is 12.3. The lowest BCUT2D eigenvalue weighted by atomic mass is 10.3. The highest BCUT2D eigenvalue weighted by Crippen LogP contribution is 2.25. The van der Waals surface area contributed by atoms with Crippen molar-refractivity contribution in [3.8, 4) is 5.75 Å². The van der Waals surface area contributed by atoms with Crippen LogP contribution >= 0.6 is 11.3 Å². The van der Waals surface area contributed by atoms with Gasteiger partial charge in [0.05, 0.1) is 12.8 Å². The van der Waals surface area contributed by atoms with Crippen molar-refractivity contribution in [1.29, 1.82) is 0 Å². The van der Waals surface area contributed by atoms with E-state index in [1.165, 1.54) is 18.4 Å². The zero-order valence-electron chi connectivity index (χ0n) is 11.2. The first-order valence-corrected chi connectivity index (χ1v) is 8.25. The van der Waals surface area contributed by atoms with E-state index in [2.05, 4.69) is 10.0 Å². The van der Waals surface area contributed by atoms with Crippen LogP contribution in [0.25, 0.3) is 0 Å². The lowest BCUT2D eigenvalue weighted by molar-refractivity contribution is 0.415. The summed E-state index contributed by atoms with van der Waals surface area (Å²) in [4.78, 5) is 0.971. The van der Waals surface area contributed by atoms with Crippen LogP contribution in [0.5, 0.6) is 5.75 Å². The van der Waals surface area contributed by atoms with Crippen molar-refractivity contribution in [3.05, 3.63) is 41.3 Å². The number of methoxy groups -OCH3 is 1. The molecule has 0 amide bonds. The van der Waals surface area contributed by atoms with Gasteiger partial charge in [-0.2, -0.15) is 0 Å². The van der Waals surface area contributed by atoms with E-state index in [-0.39, 0.29) is 0 Å². The second-order valence-corrected chi connectivity index (χ2v) is 7.17. The van der Waals surface area contributed by atoms with Crippen molar-refractivity contribution >= 4 is 27.0 Å². The van der Waals surface area contributed by atoms with Gasteiger partial charge in [-0.15, -0.1) is 11.3 Å². The highest BCUT2D eigenvalue weighted by Gasteiger charge is 2.17. The molecule has 0 aliphatic rings. The molecule has 7 heteroatoms. The molecule has 0 aliphatic heterocycles. The molecular formula is C13H16N2O3S2. The number of hydrogen-bond donors (Lipinski definition) is 2. The van der Waals surface area contributed by atoms with Gasteiger partial charge in [-0.1, -0.05) is 6.07 Å². The summed E-state index contributed by atoms with van der Waals surface area (Å²) < 4.78 is 32.4. The number of nitrogens with one attached hydrogen (secondary N) is 2. The summed E-state index contributed by atoms with van der Waals surface area (Å²) in [6.45, 7) is 0.652. The van der Waals surface area contributed by atoms with E-state index < -0.39 is 10.0 Å². The summed E-state index contributed by atoms with van der Waals surface area (Å²) in [7, 11) is -0.190. The van der Waals surface area contributed by atoms with Crippen LogP contribution in [-0.4, -0.2) is 22.6 Å². The molecular weight excluding hydrogens is 296 g/mol. The fourth-order valence-corrected chi connectivity index (χ4v) is 4.08. The molecule has 5 nitrogen and oxygen atoms in total. The van der Waals surface area contributed by atoms with Crippen molar-refractivity contribution in [1.82, 2.24) is 5.32 Å². The summed E-state index contributed by atoms with van der Waals surface area (Å²) >= 11 is 1.25. The molecule has 0 bridgehead atoms. The van der Waals surface area contributed by atoms with Crippen LogP contribution in [0, 0.1) is 0 Å². The summed E-state index contributed by atoms with van der Waals surface area (Å²) in [5.74, 6) is 0.604. The van der Waals surface area contributed by atoms with Crippen molar-refractivity contribution in [3.63, 3.8) is 0 Å². The largest absolute Gasteiger partial charge is 0.497 e. The molecule has 0 radical (unpaired) electrons. The number of benzene rings is 1. The predicted molar refractivity (Wildman–Crippen MR) is 80.9 cm³/mol. The van der Waals surface area contributed by atoms with Crippen LogP contribution in [0.3, 0.4) is 0 Å². The molecule has 0 atom stereocenters. The van der Waals surface area contributed by atoms with Gasteiger partial charge in [0.25, 0.3) is 10.0 Å². The Morgan fingerprint density at radius 3 is 2.75 bits per heavy atom. The third kappa shape index (κ3) is 3.50. The molecule has 1 aromatic carbocycles. The second kappa shape index (κ2) is 6.25. The van der Waals surface area contributed by atoms with Gasteiger partial charge in [0.1, 0.15) is 9.96 Å². The average Bonchev–Trinajstić information content (AvgIpc) is 2.88. The molecule has 2 N–H and O–H groups in total. The van der Waals surface area contributed by atoms with Gasteiger partial charge in [0.2, 0.25) is 0 Å². The fraction of sp³-hybridized carbons (Fsp3) is 0.231. The molecule has 2 aromatic rings. The Kier molecular flexibility index (Phi) is 4.64. The molecule has 0 saturated carbocycles. The minimum Gasteiger partial charge on any atom is -0.497 e. The Morgan fingerprint density at radius 2 is 2.05 bits per heavy atom. The lowest BCUT2D eigenvalue weighted by Gasteiger charge is -2.07. The number of ether oxygens (including phenoxy) is 1. The lowest BCUT2D eigenvalue weighted by Crippen LogP contribution is -2.11. The zero-order valence-corrected chi connectivity index (χ0v) is 12.8. The molecule has 2 rings (SSSR count). The molecule has 0 unspecified atom stereocenters. The zero-order chi connectivity index (χ0) is 14.6. The fourth-order valence-electron chi connectivity index (χ4n) is 1.66. The van der Waals surface area contributed by atoms with Gasteiger partial charge >= 0.3 is 0 Å². The molecule has 0 spiro atoms. The van der Waals surface area contributed by atoms with Gasteiger partial charge < -0.3 is 10.1 Å². The van der Waals surface area contributed by atoms with Crippen LogP contribution in [0.2, 0.25) is 0 Å². The number of thiophene rings is 1. The first-order valence-electron chi connectivity index (χ1n) is 5.95. The molecule has 0 fully saturated rings. The van der Waals surface area contributed by atoms with Crippen LogP contribution in [0.1, 0.15) is 4.88 Å². The van der Waals surface area contributed by atoms with Crippen molar-refractivity contribution < 1.29 is 13.2 Å². The first kappa shape index (κ1) is 14.8. The quantitative estimate of drug-likeness (QED) is 0.859. The second-order valence-electron chi connectivity index (χ2n) is 4.09. The van der Waals surface area contributed by atoms with Crippen LogP contribution < -0.4 is 14.8 Å². The standard InChI is InChI=1S/C13H16N2O3S2/c1-14-9-12-6-7-13(19-12)20(16,17)15-10-4-3-5-11(8-10)18-2/h3-8,14-15H,9H2,1-2H3. The minimum atomic E-state index is -3.55. The maximum atomic E-state index is 12.3. The normalized spacial score (nSPS) is 11.3. The molecule has 0 saturated heterocycles. The monoisotopic (exact) mass is 312 g/mol. The Balaban J connectivity index is 2.21. The molecule has 1 aromatic heterocycles. The SMILES string of the molecule is CNCc1ccc(S(=O)(=O)Nc2cccc(OC)c2)s1. The van der Waals surface area contributed by atoms with Crippen molar-refractivity contribution in [2.24, 2.45) is 0 Å². The summed E-state index contributed by atoms with van der Waals surface area (Å²) in [5, 5.41) is 2.99. The maximum Gasteiger partial charge on any atom is 0.271 e. The number of rotatable bonds is 6. The van der Waals surface area contributed by atoms with Gasteiger partial charge in [-0.3, -0.25) is 4.72 Å². The third-order valence-electron chi connectivity index (χ3n) is 2.57. The number of anilines is 1. The molecule has 0 aliphatic carbocycles. The van der Waals surface area contributed by atoms with Crippen LogP contribution in [0.4, 0.5) is 5.69 Å². The van der Waals surface area contributed by atoms with E-state index in [4.69, 9.17) is 4.74 Å². The van der Waals surface area contributed by atoms with Crippen molar-refractivity contribution in [2.45, 2.75) is 10.8 Å². The van der Waals surface area contributed by atoms with Crippen LogP contribution in [0.15, 0.2) is 40.6 Å². The summed E-state index contributed by atoms with van der Waals surface area (Å²) in [6, 6.07) is 10.2. The smallest absolute Gasteiger partial charge is 0.271 e. The van der Waals surface area contributed by atoms with E-state index >= 15 is 0 Å². The van der Waals surface area contributed by atoms with Crippen molar-refractivity contribution in [2.75, 3.05) is 18.9 Å². The highest BCUT2D eigenvalue weighted by atomic mass is 32.2. The number of sulfonamides is 1. The highest BCUT2D eigenvalue weighted by molar-refractivity contribution is 7.94. The molecule has 1 heterocycles. The van der Waals surface area contributed by atoms with E-state index in [1.807, 2.05) is 7.05 Å². The van der Waals surface area contributed by atoms with E-state index in [1.54, 1.807) is 36.4 Å². The third-order valence-corrected chi connectivity index (χ3v) is 5.53. The van der Waals surface area contributed by atoms with Gasteiger partial charge in [-0.05, 0) is 31.3 Å². The average molecular weight is 312 g/mol. The van der Waals surface area contributed by atoms with Gasteiger partial charge in [0, 0.05) is 17.5 Å². The molecule has 108 valence electrons. The van der Waals surface area contributed by atoms with E-state index in [0.29, 0.717) is 22.2 Å². The summed E-state index contributed by atoms with van der Waals surface area (Å²) in [5.41, 5.74) is 0.480. The summed E-state index contributed by atoms with van der Waals surface area (Å²) in [6.07, 6.45) is 0. The number of hydrogen-bond acceptors (Lipinski definition) is 5. The van der Waals surface area contributed by atoms with Gasteiger partial charge in [-0.25, -0.2) is 8.42 Å². The Labute approximate surface area is 122 Å². The van der Waals surface area contributed by atoms with E-state index in [0.717, 1.165) is 4.88 Å². The Hall–Kier alpha value is -1.57. The topological polar surface area (TPSA) is 67.4 Å².